The van der Waals surface area contributed by atoms with Crippen molar-refractivity contribution in [3.05, 3.63) is 53.6 Å². The Morgan fingerprint density at radius 3 is 1.97 bits per heavy atom. The summed E-state index contributed by atoms with van der Waals surface area (Å²) in [6, 6.07) is 9.91. The normalized spacial score (nSPS) is 12.7. The molecular formula is C18H16N2O7S2. The van der Waals surface area contributed by atoms with Gasteiger partial charge in [-0.15, -0.1) is 10.2 Å². The predicted molar refractivity (Wildman–Crippen MR) is 105 cm³/mol. The Hall–Kier alpha value is -2.86. The average Bonchev–Trinajstić information content (AvgIpc) is 2.59. The number of hydrogen-bond donors (Lipinski definition) is 3. The standard InChI is InChI=1S/C18H16N2O7S2/c1-10-3-5-13-12(7-10)9-16(29(25,26)27)17(18(13)21)20-19-14-6-4-11(2)8-15(14)28(22,23)24/h3-9,21H,1-2H3,(H,22,23,24)(H,25,26,27). The number of phenols is 1. The van der Waals surface area contributed by atoms with E-state index in [2.05, 4.69) is 10.2 Å². The second-order valence-corrected chi connectivity index (χ2v) is 9.20. The Morgan fingerprint density at radius 2 is 1.34 bits per heavy atom. The van der Waals surface area contributed by atoms with E-state index in [0.717, 1.165) is 17.7 Å². The Labute approximate surface area is 166 Å². The van der Waals surface area contributed by atoms with Crippen LogP contribution < -0.4 is 0 Å². The van der Waals surface area contributed by atoms with Gasteiger partial charge in [0.25, 0.3) is 20.2 Å². The van der Waals surface area contributed by atoms with Gasteiger partial charge in [-0.25, -0.2) is 0 Å². The highest BCUT2D eigenvalue weighted by Gasteiger charge is 2.22. The first-order valence-electron chi connectivity index (χ1n) is 8.11. The quantitative estimate of drug-likeness (QED) is 0.411. The van der Waals surface area contributed by atoms with Crippen molar-refractivity contribution in [2.45, 2.75) is 23.6 Å². The van der Waals surface area contributed by atoms with Crippen molar-refractivity contribution in [1.29, 1.82) is 0 Å². The number of rotatable bonds is 4. The summed E-state index contributed by atoms with van der Waals surface area (Å²) in [4.78, 5) is -1.23. The van der Waals surface area contributed by atoms with Gasteiger partial charge in [0.2, 0.25) is 0 Å². The minimum absolute atomic E-state index is 0.260. The Kier molecular flexibility index (Phi) is 5.17. The van der Waals surface area contributed by atoms with E-state index in [-0.39, 0.29) is 11.1 Å². The molecule has 9 nitrogen and oxygen atoms in total. The molecule has 0 heterocycles. The highest BCUT2D eigenvalue weighted by molar-refractivity contribution is 7.86. The van der Waals surface area contributed by atoms with Crippen molar-refractivity contribution in [2.75, 3.05) is 0 Å². The summed E-state index contributed by atoms with van der Waals surface area (Å²) >= 11 is 0. The van der Waals surface area contributed by atoms with Crippen molar-refractivity contribution in [3.8, 4) is 5.75 Å². The summed E-state index contributed by atoms with van der Waals surface area (Å²) in [5, 5.41) is 18.5. The maximum Gasteiger partial charge on any atom is 0.296 e. The zero-order valence-corrected chi connectivity index (χ0v) is 16.9. The monoisotopic (exact) mass is 436 g/mol. The van der Waals surface area contributed by atoms with E-state index >= 15 is 0 Å². The number of benzene rings is 3. The molecule has 0 unspecified atom stereocenters. The van der Waals surface area contributed by atoms with E-state index in [1.54, 1.807) is 32.0 Å². The Balaban J connectivity index is 2.29. The molecule has 3 aromatic rings. The summed E-state index contributed by atoms with van der Waals surface area (Å²) < 4.78 is 65.8. The summed E-state index contributed by atoms with van der Waals surface area (Å²) in [5.41, 5.74) is 0.484. The smallest absolute Gasteiger partial charge is 0.296 e. The fraction of sp³-hybridized carbons (Fsp3) is 0.111. The van der Waals surface area contributed by atoms with Gasteiger partial charge < -0.3 is 5.11 Å². The lowest BCUT2D eigenvalue weighted by Gasteiger charge is -2.09. The molecule has 0 aromatic heterocycles. The number of aryl methyl sites for hydroxylation is 2. The van der Waals surface area contributed by atoms with Crippen molar-refractivity contribution < 1.29 is 31.0 Å². The third-order valence-electron chi connectivity index (χ3n) is 4.14. The van der Waals surface area contributed by atoms with Crippen LogP contribution in [0.15, 0.2) is 62.5 Å². The molecule has 0 amide bonds. The predicted octanol–water partition coefficient (Wildman–Crippen LogP) is 4.07. The second-order valence-electron chi connectivity index (χ2n) is 6.42. The van der Waals surface area contributed by atoms with Crippen LogP contribution in [0.4, 0.5) is 11.4 Å². The van der Waals surface area contributed by atoms with Gasteiger partial charge >= 0.3 is 0 Å². The minimum Gasteiger partial charge on any atom is -0.505 e. The third kappa shape index (κ3) is 4.27. The first-order valence-corrected chi connectivity index (χ1v) is 11.0. The summed E-state index contributed by atoms with van der Waals surface area (Å²) in [7, 11) is -9.42. The lowest BCUT2D eigenvalue weighted by atomic mass is 10.1. The first-order chi connectivity index (χ1) is 13.4. The molecule has 0 bridgehead atoms. The van der Waals surface area contributed by atoms with Gasteiger partial charge in [-0.3, -0.25) is 9.11 Å². The number of azo groups is 1. The topological polar surface area (TPSA) is 154 Å². The molecule has 29 heavy (non-hydrogen) atoms. The Bertz CT molecular complexity index is 1380. The lowest BCUT2D eigenvalue weighted by molar-refractivity contribution is 0.472. The molecule has 0 fully saturated rings. The number of aromatic hydroxyl groups is 1. The first kappa shape index (κ1) is 20.9. The summed E-state index contributed by atoms with van der Waals surface area (Å²) in [6.07, 6.45) is 0. The van der Waals surface area contributed by atoms with Gasteiger partial charge in [0.1, 0.15) is 21.2 Å². The van der Waals surface area contributed by atoms with E-state index in [1.807, 2.05) is 0 Å². The molecule has 0 spiro atoms. The maximum absolute atomic E-state index is 11.8. The van der Waals surface area contributed by atoms with Crippen LogP contribution in [0, 0.1) is 13.8 Å². The highest BCUT2D eigenvalue weighted by Crippen LogP contribution is 2.42. The molecule has 0 aliphatic carbocycles. The van der Waals surface area contributed by atoms with Gasteiger partial charge in [0, 0.05) is 5.39 Å². The van der Waals surface area contributed by atoms with Gasteiger partial charge in [-0.05, 0) is 43.0 Å². The molecule has 0 atom stereocenters. The molecule has 11 heteroatoms. The molecule has 0 saturated carbocycles. The van der Waals surface area contributed by atoms with Gasteiger partial charge in [0.05, 0.1) is 0 Å². The van der Waals surface area contributed by atoms with E-state index in [1.165, 1.54) is 12.1 Å². The zero-order valence-electron chi connectivity index (χ0n) is 15.2. The van der Waals surface area contributed by atoms with Crippen molar-refractivity contribution in [1.82, 2.24) is 0 Å². The molecule has 3 N–H and O–H groups in total. The van der Waals surface area contributed by atoms with E-state index in [0.29, 0.717) is 10.9 Å². The van der Waals surface area contributed by atoms with Crippen LogP contribution in [-0.4, -0.2) is 31.0 Å². The highest BCUT2D eigenvalue weighted by atomic mass is 32.2. The summed E-state index contributed by atoms with van der Waals surface area (Å²) in [5.74, 6) is -0.556. The molecule has 3 aromatic carbocycles. The average molecular weight is 436 g/mol. The molecule has 0 radical (unpaired) electrons. The van der Waals surface area contributed by atoms with Crippen LogP contribution >= 0.6 is 0 Å². The molecular weight excluding hydrogens is 420 g/mol. The van der Waals surface area contributed by atoms with Gasteiger partial charge in [-0.2, -0.15) is 16.8 Å². The lowest BCUT2D eigenvalue weighted by Crippen LogP contribution is -2.00. The SMILES string of the molecule is Cc1ccc(N=Nc2c(S(=O)(=O)O)cc3cc(C)ccc3c2O)c(S(=O)(=O)O)c1. The Morgan fingerprint density at radius 1 is 0.759 bits per heavy atom. The number of hydrogen-bond acceptors (Lipinski definition) is 7. The fourth-order valence-electron chi connectivity index (χ4n) is 2.78. The molecule has 0 aliphatic heterocycles. The molecule has 152 valence electrons. The summed E-state index contributed by atoms with van der Waals surface area (Å²) in [6.45, 7) is 3.37. The van der Waals surface area contributed by atoms with Gasteiger partial charge in [-0.1, -0.05) is 29.8 Å². The van der Waals surface area contributed by atoms with Crippen LogP contribution in [0.3, 0.4) is 0 Å². The van der Waals surface area contributed by atoms with Gasteiger partial charge in [0.15, 0.2) is 5.75 Å². The van der Waals surface area contributed by atoms with Crippen LogP contribution in [-0.2, 0) is 20.2 Å². The van der Waals surface area contributed by atoms with E-state index in [4.69, 9.17) is 0 Å². The number of phenolic OH excluding ortho intramolecular Hbond substituents is 1. The van der Waals surface area contributed by atoms with Crippen LogP contribution in [0.5, 0.6) is 5.75 Å². The van der Waals surface area contributed by atoms with Crippen LogP contribution in [0.2, 0.25) is 0 Å². The van der Waals surface area contributed by atoms with Crippen molar-refractivity contribution in [2.24, 2.45) is 10.2 Å². The minimum atomic E-state index is -4.79. The van der Waals surface area contributed by atoms with E-state index in [9.17, 15) is 31.0 Å². The van der Waals surface area contributed by atoms with Crippen LogP contribution in [0.1, 0.15) is 11.1 Å². The third-order valence-corrected chi connectivity index (χ3v) is 5.89. The molecule has 0 aliphatic rings. The number of nitrogens with zero attached hydrogens (tertiary/aromatic N) is 2. The van der Waals surface area contributed by atoms with Crippen molar-refractivity contribution >= 4 is 42.4 Å². The van der Waals surface area contributed by atoms with Crippen molar-refractivity contribution in [3.63, 3.8) is 0 Å². The van der Waals surface area contributed by atoms with E-state index < -0.39 is 41.5 Å². The molecule has 3 rings (SSSR count). The second kappa shape index (κ2) is 7.19. The maximum atomic E-state index is 11.8. The number of fused-ring (bicyclic) bond motifs is 1. The zero-order chi connectivity index (χ0) is 21.6. The van der Waals surface area contributed by atoms with Crippen LogP contribution in [0.25, 0.3) is 10.8 Å². The molecule has 0 saturated heterocycles. The fourth-order valence-corrected chi connectivity index (χ4v) is 4.14. The largest absolute Gasteiger partial charge is 0.505 e.